The number of carbonyl (C=O) groups is 1. The summed E-state index contributed by atoms with van der Waals surface area (Å²) in [6.07, 6.45) is 10.4. The van der Waals surface area contributed by atoms with Gasteiger partial charge in [0.25, 0.3) is 0 Å². The van der Waals surface area contributed by atoms with Crippen LogP contribution in [-0.4, -0.2) is 45.3 Å². The lowest BCUT2D eigenvalue weighted by Crippen LogP contribution is -2.45. The molecule has 7 heteroatoms. The predicted molar refractivity (Wildman–Crippen MR) is 112 cm³/mol. The number of nitrogens with zero attached hydrogens (tertiary/aromatic N) is 3. The van der Waals surface area contributed by atoms with E-state index >= 15 is 0 Å². The van der Waals surface area contributed by atoms with Crippen LogP contribution in [0.3, 0.4) is 0 Å². The normalized spacial score (nSPS) is 33.3. The van der Waals surface area contributed by atoms with Gasteiger partial charge in [0.05, 0.1) is 24.5 Å². The SMILES string of the molecule is CC1CCC2NNC(C(=O)NCc3cc4n(n3)CCN(C3CCCCC3)C4)C2C1. The first-order chi connectivity index (χ1) is 14.2. The third kappa shape index (κ3) is 4.09. The Balaban J connectivity index is 1.16. The topological polar surface area (TPSA) is 74.2 Å². The van der Waals surface area contributed by atoms with Crippen molar-refractivity contribution in [3.63, 3.8) is 0 Å². The van der Waals surface area contributed by atoms with Crippen molar-refractivity contribution in [3.8, 4) is 0 Å². The van der Waals surface area contributed by atoms with Gasteiger partial charge in [0.15, 0.2) is 0 Å². The first-order valence-corrected chi connectivity index (χ1v) is 11.8. The van der Waals surface area contributed by atoms with E-state index in [4.69, 9.17) is 5.10 Å². The molecule has 4 aliphatic rings. The van der Waals surface area contributed by atoms with Crippen molar-refractivity contribution < 1.29 is 4.79 Å². The number of fused-ring (bicyclic) bond motifs is 2. The lowest BCUT2D eigenvalue weighted by molar-refractivity contribution is -0.124. The maximum absolute atomic E-state index is 12.8. The minimum Gasteiger partial charge on any atom is -0.349 e. The van der Waals surface area contributed by atoms with Gasteiger partial charge in [0.1, 0.15) is 6.04 Å². The summed E-state index contributed by atoms with van der Waals surface area (Å²) in [5.74, 6) is 1.21. The van der Waals surface area contributed by atoms with E-state index in [1.165, 1.54) is 44.2 Å². The van der Waals surface area contributed by atoms with Crippen LogP contribution in [0.4, 0.5) is 0 Å². The van der Waals surface area contributed by atoms with Gasteiger partial charge in [0.2, 0.25) is 5.91 Å². The average molecular weight is 401 g/mol. The molecule has 0 spiro atoms. The monoisotopic (exact) mass is 400 g/mol. The molecule has 1 saturated heterocycles. The first kappa shape index (κ1) is 19.5. The maximum Gasteiger partial charge on any atom is 0.239 e. The number of aromatic nitrogens is 2. The van der Waals surface area contributed by atoms with Crippen molar-refractivity contribution in [1.82, 2.24) is 30.8 Å². The Bertz CT molecular complexity index is 727. The molecule has 2 saturated carbocycles. The Hall–Kier alpha value is -1.44. The van der Waals surface area contributed by atoms with Crippen molar-refractivity contribution in [1.29, 1.82) is 0 Å². The van der Waals surface area contributed by atoms with Gasteiger partial charge in [-0.05, 0) is 44.1 Å². The van der Waals surface area contributed by atoms with Gasteiger partial charge in [-0.2, -0.15) is 5.10 Å². The van der Waals surface area contributed by atoms with E-state index < -0.39 is 0 Å². The smallest absolute Gasteiger partial charge is 0.239 e. The highest BCUT2D eigenvalue weighted by Gasteiger charge is 2.42. The van der Waals surface area contributed by atoms with Gasteiger partial charge in [-0.1, -0.05) is 26.2 Å². The van der Waals surface area contributed by atoms with Crippen LogP contribution in [0.25, 0.3) is 0 Å². The Morgan fingerprint density at radius 1 is 1.17 bits per heavy atom. The van der Waals surface area contributed by atoms with E-state index in [9.17, 15) is 4.79 Å². The fourth-order valence-electron chi connectivity index (χ4n) is 6.01. The molecule has 1 amide bonds. The van der Waals surface area contributed by atoms with Gasteiger partial charge >= 0.3 is 0 Å². The summed E-state index contributed by atoms with van der Waals surface area (Å²) in [5.41, 5.74) is 8.88. The van der Waals surface area contributed by atoms with E-state index in [0.29, 0.717) is 24.4 Å². The third-order valence-corrected chi connectivity index (χ3v) is 7.71. The zero-order chi connectivity index (χ0) is 19.8. The quantitative estimate of drug-likeness (QED) is 0.720. The average Bonchev–Trinajstić information content (AvgIpc) is 3.35. The number of amides is 1. The van der Waals surface area contributed by atoms with Crippen LogP contribution in [0.15, 0.2) is 6.07 Å². The zero-order valence-electron chi connectivity index (χ0n) is 17.7. The molecule has 2 aliphatic carbocycles. The third-order valence-electron chi connectivity index (χ3n) is 7.71. The summed E-state index contributed by atoms with van der Waals surface area (Å²) < 4.78 is 2.15. The molecule has 7 nitrogen and oxygen atoms in total. The Kier molecular flexibility index (Phi) is 5.63. The molecular weight excluding hydrogens is 364 g/mol. The summed E-state index contributed by atoms with van der Waals surface area (Å²) in [7, 11) is 0. The van der Waals surface area contributed by atoms with E-state index in [0.717, 1.165) is 44.2 Å². The number of hydrazine groups is 1. The summed E-state index contributed by atoms with van der Waals surface area (Å²) in [6, 6.07) is 3.26. The van der Waals surface area contributed by atoms with Crippen LogP contribution in [0.5, 0.6) is 0 Å². The molecule has 29 heavy (non-hydrogen) atoms. The fourth-order valence-corrected chi connectivity index (χ4v) is 6.01. The second-order valence-electron chi connectivity index (χ2n) is 9.79. The van der Waals surface area contributed by atoms with Crippen molar-refractivity contribution >= 4 is 5.91 Å². The number of hydrogen-bond acceptors (Lipinski definition) is 5. The van der Waals surface area contributed by atoms with Crippen molar-refractivity contribution in [2.45, 2.75) is 96.1 Å². The maximum atomic E-state index is 12.8. The van der Waals surface area contributed by atoms with Crippen molar-refractivity contribution in [3.05, 3.63) is 17.5 Å². The van der Waals surface area contributed by atoms with Crippen LogP contribution in [0.1, 0.15) is 69.7 Å². The second kappa shape index (κ2) is 8.36. The molecular formula is C22H36N6O. The van der Waals surface area contributed by atoms with E-state index in [1.807, 2.05) is 0 Å². The standard InChI is InChI=1S/C22H36N6O/c1-15-7-8-20-19(11-15)21(25-24-20)22(29)23-13-16-12-18-14-27(9-10-28(18)26-16)17-5-3-2-4-6-17/h12,15,17,19-21,24-25H,2-11,13-14H2,1H3,(H,23,29). The highest BCUT2D eigenvalue weighted by atomic mass is 16.2. The summed E-state index contributed by atoms with van der Waals surface area (Å²) in [5, 5.41) is 7.90. The minimum absolute atomic E-state index is 0.105. The van der Waals surface area contributed by atoms with Gasteiger partial charge in [-0.3, -0.25) is 19.8 Å². The van der Waals surface area contributed by atoms with Gasteiger partial charge in [0, 0.05) is 31.1 Å². The van der Waals surface area contributed by atoms with Gasteiger partial charge in [-0.25, -0.2) is 5.43 Å². The molecule has 0 bridgehead atoms. The number of carbonyl (C=O) groups excluding carboxylic acids is 1. The number of hydrogen-bond donors (Lipinski definition) is 3. The fraction of sp³-hybridized carbons (Fsp3) is 0.818. The molecule has 160 valence electrons. The molecule has 0 aromatic carbocycles. The molecule has 4 unspecified atom stereocenters. The van der Waals surface area contributed by atoms with Crippen LogP contribution in [0, 0.1) is 11.8 Å². The van der Waals surface area contributed by atoms with Crippen LogP contribution >= 0.6 is 0 Å². The molecule has 4 atom stereocenters. The molecule has 3 heterocycles. The van der Waals surface area contributed by atoms with Crippen LogP contribution < -0.4 is 16.2 Å². The largest absolute Gasteiger partial charge is 0.349 e. The molecule has 2 aliphatic heterocycles. The van der Waals surface area contributed by atoms with E-state index in [2.05, 4.69) is 38.7 Å². The van der Waals surface area contributed by atoms with E-state index in [1.54, 1.807) is 0 Å². The van der Waals surface area contributed by atoms with E-state index in [-0.39, 0.29) is 11.9 Å². The number of nitrogens with one attached hydrogen (secondary N) is 3. The second-order valence-corrected chi connectivity index (χ2v) is 9.79. The predicted octanol–water partition coefficient (Wildman–Crippen LogP) is 1.93. The van der Waals surface area contributed by atoms with Crippen molar-refractivity contribution in [2.75, 3.05) is 6.54 Å². The lowest BCUT2D eigenvalue weighted by Gasteiger charge is -2.36. The van der Waals surface area contributed by atoms with Crippen LogP contribution in [0.2, 0.25) is 0 Å². The Morgan fingerprint density at radius 2 is 2.03 bits per heavy atom. The molecule has 3 N–H and O–H groups in total. The van der Waals surface area contributed by atoms with Gasteiger partial charge in [-0.15, -0.1) is 0 Å². The molecule has 1 aromatic heterocycles. The van der Waals surface area contributed by atoms with Gasteiger partial charge < -0.3 is 5.32 Å². The van der Waals surface area contributed by atoms with Crippen LogP contribution in [-0.2, 0) is 24.4 Å². The molecule has 1 aromatic rings. The Labute approximate surface area is 173 Å². The highest BCUT2D eigenvalue weighted by molar-refractivity contribution is 5.82. The lowest BCUT2D eigenvalue weighted by atomic mass is 9.76. The first-order valence-electron chi connectivity index (χ1n) is 11.8. The number of rotatable bonds is 4. The Morgan fingerprint density at radius 3 is 2.90 bits per heavy atom. The molecule has 5 rings (SSSR count). The minimum atomic E-state index is -0.123. The summed E-state index contributed by atoms with van der Waals surface area (Å²) >= 11 is 0. The summed E-state index contributed by atoms with van der Waals surface area (Å²) in [6.45, 7) is 5.89. The molecule has 0 radical (unpaired) electrons. The molecule has 3 fully saturated rings. The zero-order valence-corrected chi connectivity index (χ0v) is 17.7. The van der Waals surface area contributed by atoms with Crippen molar-refractivity contribution in [2.24, 2.45) is 11.8 Å². The summed E-state index contributed by atoms with van der Waals surface area (Å²) in [4.78, 5) is 15.5. The highest BCUT2D eigenvalue weighted by Crippen LogP contribution is 2.33.